The lowest BCUT2D eigenvalue weighted by Gasteiger charge is -2.36. The molecule has 2 aliphatic carbocycles. The number of hydrogen-bond acceptors (Lipinski definition) is 15. The number of carboxylic acids is 1. The van der Waals surface area contributed by atoms with E-state index in [0.717, 1.165) is 130 Å². The van der Waals surface area contributed by atoms with Crippen LogP contribution in [-0.2, 0) is 17.8 Å². The van der Waals surface area contributed by atoms with Crippen LogP contribution in [0.2, 0.25) is 20.1 Å². The third-order valence-electron chi connectivity index (χ3n) is 15.7. The average molecular weight is 1140 g/mol. The molecule has 4 aromatic heterocycles. The number of halogens is 4. The number of hydrogen-bond donors (Lipinski definition) is 1. The van der Waals surface area contributed by atoms with Crippen LogP contribution in [0.5, 0.6) is 0 Å². The van der Waals surface area contributed by atoms with E-state index in [1.165, 1.54) is 11.3 Å². The van der Waals surface area contributed by atoms with Crippen molar-refractivity contribution < 1.29 is 28.5 Å². The first kappa shape index (κ1) is 51.5. The molecule has 12 rings (SSSR count). The Balaban J connectivity index is 0.742. The summed E-state index contributed by atoms with van der Waals surface area (Å²) in [5.74, 6) is 0.894. The summed E-state index contributed by atoms with van der Waals surface area (Å²) in [6, 6.07) is 20.8. The topological polar surface area (TPSA) is 154 Å². The summed E-state index contributed by atoms with van der Waals surface area (Å²) in [5.41, 5.74) is 8.17. The van der Waals surface area contributed by atoms with E-state index in [4.69, 9.17) is 75.3 Å². The molecule has 2 atom stereocenters. The van der Waals surface area contributed by atoms with Crippen molar-refractivity contribution in [2.75, 3.05) is 56.7 Å². The predicted molar refractivity (Wildman–Crippen MR) is 302 cm³/mol. The van der Waals surface area contributed by atoms with Crippen LogP contribution in [0.25, 0.3) is 42.9 Å². The highest BCUT2D eigenvalue weighted by Crippen LogP contribution is 2.58. The minimum atomic E-state index is -0.945. The molecule has 0 amide bonds. The van der Waals surface area contributed by atoms with Gasteiger partial charge in [-0.2, -0.15) is 0 Å². The molecule has 0 bridgehead atoms. The number of ether oxygens (including phenoxy) is 1. The van der Waals surface area contributed by atoms with Crippen molar-refractivity contribution >= 4 is 112 Å². The highest BCUT2D eigenvalue weighted by atomic mass is 35.5. The number of rotatable bonds is 16. The number of carboxylic acid groups (broad SMARTS) is 1. The summed E-state index contributed by atoms with van der Waals surface area (Å²) in [4.78, 5) is 43.2. The van der Waals surface area contributed by atoms with E-state index < -0.39 is 5.97 Å². The summed E-state index contributed by atoms with van der Waals surface area (Å²) in [6.07, 6.45) is 6.67. The summed E-state index contributed by atoms with van der Waals surface area (Å²) >= 11 is 31.5. The third kappa shape index (κ3) is 10.1. The smallest absolute Gasteiger partial charge is 0.338 e. The van der Waals surface area contributed by atoms with Crippen molar-refractivity contribution in [3.8, 4) is 22.5 Å². The van der Waals surface area contributed by atoms with Gasteiger partial charge in [-0.25, -0.2) is 19.6 Å². The summed E-state index contributed by atoms with van der Waals surface area (Å²) in [6.45, 7) is 6.71. The second kappa shape index (κ2) is 21.2. The normalized spacial score (nSPS) is 18.5. The summed E-state index contributed by atoms with van der Waals surface area (Å²) in [5, 5.41) is 22.8. The molecule has 2 saturated heterocycles. The number of aromatic nitrogens is 4. The molecule has 1 N–H and O–H groups in total. The van der Waals surface area contributed by atoms with Gasteiger partial charge in [-0.15, -0.1) is 0 Å². The van der Waals surface area contributed by atoms with Gasteiger partial charge >= 0.3 is 11.9 Å². The molecule has 76 heavy (non-hydrogen) atoms. The molecule has 6 heterocycles. The maximum Gasteiger partial charge on any atom is 0.338 e. The number of nitrogens with zero attached hydrogens (tertiary/aromatic N) is 8. The van der Waals surface area contributed by atoms with Crippen LogP contribution in [0.4, 0.5) is 10.3 Å². The number of fused-ring (bicyclic) bond motifs is 2. The van der Waals surface area contributed by atoms with Gasteiger partial charge in [0.15, 0.2) is 10.3 Å². The number of benzene rings is 4. The van der Waals surface area contributed by atoms with Crippen LogP contribution in [0.3, 0.4) is 0 Å². The molecular weight excluding hydrogens is 1090 g/mol. The molecule has 8 aromatic rings. The first-order valence-corrected chi connectivity index (χ1v) is 29.0. The zero-order chi connectivity index (χ0) is 52.5. The lowest BCUT2D eigenvalue weighted by molar-refractivity contribution is 0.0526. The molecule has 14 nitrogen and oxygen atoms in total. The second-order valence-electron chi connectivity index (χ2n) is 20.6. The number of piperidine rings is 2. The van der Waals surface area contributed by atoms with Gasteiger partial charge in [-0.3, -0.25) is 9.80 Å². The summed E-state index contributed by atoms with van der Waals surface area (Å²) < 4.78 is 19.6. The Hall–Kier alpha value is -5.30. The molecule has 20 heteroatoms. The van der Waals surface area contributed by atoms with Crippen LogP contribution in [0.15, 0.2) is 75.8 Å². The number of esters is 1. The maximum absolute atomic E-state index is 12.4. The van der Waals surface area contributed by atoms with Crippen LogP contribution in [0, 0.1) is 0 Å². The number of carbonyl (C=O) groups is 2. The molecule has 4 aromatic carbocycles. The first-order valence-electron chi connectivity index (χ1n) is 25.8. The van der Waals surface area contributed by atoms with E-state index in [0.29, 0.717) is 79.8 Å². The minimum Gasteiger partial charge on any atom is -0.478 e. The van der Waals surface area contributed by atoms with Crippen LogP contribution < -0.4 is 9.80 Å². The van der Waals surface area contributed by atoms with Crippen LogP contribution >= 0.6 is 69.1 Å². The Kier molecular flexibility index (Phi) is 14.3. The lowest BCUT2D eigenvalue weighted by atomic mass is 9.97. The Bertz CT molecular complexity index is 3480. The monoisotopic (exact) mass is 1140 g/mol. The van der Waals surface area contributed by atoms with E-state index in [-0.39, 0.29) is 29.4 Å². The Morgan fingerprint density at radius 3 is 1.70 bits per heavy atom. The highest BCUT2D eigenvalue weighted by Gasteiger charge is 2.46. The van der Waals surface area contributed by atoms with E-state index in [1.54, 1.807) is 35.6 Å². The fourth-order valence-corrected chi connectivity index (χ4v) is 14.6. The van der Waals surface area contributed by atoms with Crippen molar-refractivity contribution in [3.63, 3.8) is 0 Å². The summed E-state index contributed by atoms with van der Waals surface area (Å²) in [7, 11) is 4.33. The fraction of sp³-hybridized carbons (Fsp3) is 0.393. The molecule has 2 aliphatic heterocycles. The third-order valence-corrected chi connectivity index (χ3v) is 19.1. The second-order valence-corrected chi connectivity index (χ2v) is 24.2. The quantitative estimate of drug-likeness (QED) is 0.0912. The van der Waals surface area contributed by atoms with Gasteiger partial charge in [-0.05, 0) is 138 Å². The minimum absolute atomic E-state index is 0.0226. The number of aromatic carboxylic acids is 1. The molecule has 2 unspecified atom stereocenters. The lowest BCUT2D eigenvalue weighted by Crippen LogP contribution is -2.43. The van der Waals surface area contributed by atoms with Gasteiger partial charge in [-0.1, -0.05) is 85.5 Å². The maximum atomic E-state index is 12.4. The van der Waals surface area contributed by atoms with E-state index >= 15 is 0 Å². The van der Waals surface area contributed by atoms with Gasteiger partial charge in [0.05, 0.1) is 58.3 Å². The molecule has 394 valence electrons. The van der Waals surface area contributed by atoms with Crippen LogP contribution in [0.1, 0.15) is 119 Å². The molecule has 4 aliphatic rings. The predicted octanol–water partition coefficient (Wildman–Crippen LogP) is 14.1. The largest absolute Gasteiger partial charge is 0.478 e. The Labute approximate surface area is 467 Å². The average Bonchev–Trinajstić information content (AvgIpc) is 4.33. The van der Waals surface area contributed by atoms with Gasteiger partial charge in [0.1, 0.15) is 22.9 Å². The highest BCUT2D eigenvalue weighted by molar-refractivity contribution is 7.22. The van der Waals surface area contributed by atoms with Gasteiger partial charge in [0.2, 0.25) is 0 Å². The molecule has 0 radical (unpaired) electrons. The number of thiazole rings is 2. The van der Waals surface area contributed by atoms with Crippen molar-refractivity contribution in [2.45, 2.75) is 94.8 Å². The Morgan fingerprint density at radius 1 is 0.671 bits per heavy atom. The zero-order valence-corrected chi connectivity index (χ0v) is 46.7. The molecular formula is C56H54Cl4N8O6S2. The standard InChI is InChI=1S/C56H54Cl4N8O6S2/c1-4-72-54(71)31-11-13-44-46(25-31)76-56(62-44)68-18-14-33(15-19-68)65(2)27-37-49(63-73-51(37)29-8-9-29)48-41(59)22-32(23-42(48)60)35-26-36(35)52-38(50(64-74-52)47-39(57)6-5-7-40(47)58)28-66(3)34-16-20-67(21-17-34)55-61-43-12-10-30(53(69)70)24-45(43)75-55/h5-7,10-13,22-25,29,33-36H,4,8-9,14-21,26-28H2,1-3H3,(H,69,70). The molecule has 2 saturated carbocycles. The van der Waals surface area contributed by atoms with Gasteiger partial charge in [0, 0.05) is 85.4 Å². The van der Waals surface area contributed by atoms with E-state index in [9.17, 15) is 14.7 Å². The molecule has 0 spiro atoms. The van der Waals surface area contributed by atoms with Gasteiger partial charge < -0.3 is 28.7 Å². The van der Waals surface area contributed by atoms with Crippen molar-refractivity contribution in [1.82, 2.24) is 30.1 Å². The SMILES string of the molecule is CCOC(=O)c1ccc2nc(N3CCC(N(C)Cc4c(-c5c(Cl)cc(C6CC6c6onc(-c7c(Cl)cccc7Cl)c6CN(C)C6CCN(c7nc8ccc(C(=O)O)cc8s7)CC6)cc5Cl)noc4C4CC4)CC3)sc2c1. The number of carbonyl (C=O) groups excluding carboxylic acids is 1. The van der Waals surface area contributed by atoms with Gasteiger partial charge in [0.25, 0.3) is 0 Å². The fourth-order valence-electron chi connectivity index (χ4n) is 11.2. The first-order chi connectivity index (χ1) is 36.8. The van der Waals surface area contributed by atoms with Crippen molar-refractivity contribution in [3.05, 3.63) is 126 Å². The van der Waals surface area contributed by atoms with Crippen molar-refractivity contribution in [1.29, 1.82) is 0 Å². The van der Waals surface area contributed by atoms with E-state index in [1.807, 2.05) is 49.4 Å². The zero-order valence-electron chi connectivity index (χ0n) is 42.0. The number of anilines is 2. The van der Waals surface area contributed by atoms with E-state index in [2.05, 4.69) is 38.9 Å². The Morgan fingerprint density at radius 2 is 1.17 bits per heavy atom. The van der Waals surface area contributed by atoms with Crippen LogP contribution in [-0.4, -0.2) is 106 Å². The van der Waals surface area contributed by atoms with Crippen molar-refractivity contribution in [2.24, 2.45) is 0 Å². The molecule has 4 fully saturated rings.